The molecule has 4 nitrogen and oxygen atoms in total. The summed E-state index contributed by atoms with van der Waals surface area (Å²) >= 11 is 7.88. The van der Waals surface area contributed by atoms with Crippen LogP contribution in [0.2, 0.25) is 5.02 Å². The van der Waals surface area contributed by atoms with E-state index >= 15 is 0 Å². The van der Waals surface area contributed by atoms with Crippen molar-refractivity contribution in [2.75, 3.05) is 12.4 Å². The molecule has 0 bridgehead atoms. The molecule has 1 aromatic carbocycles. The third kappa shape index (κ3) is 4.32. The number of benzene rings is 1. The standard InChI is InChI=1S/C22H19ClN2O2S/c1-4-5-19(27-3)15-6-7-18(23)17(12-15)20-8-9-21(28-20)25-22(26)16-10-11-24-13-14(16)2/h4-13H,1H2,2-3H3,(H,25,26)/b19-5-. The highest BCUT2D eigenvalue weighted by atomic mass is 35.5. The second-order valence-corrected chi connectivity index (χ2v) is 7.46. The van der Waals surface area contributed by atoms with Gasteiger partial charge in [0.05, 0.1) is 12.1 Å². The van der Waals surface area contributed by atoms with Crippen LogP contribution < -0.4 is 5.32 Å². The second kappa shape index (κ2) is 8.87. The van der Waals surface area contributed by atoms with Crippen molar-refractivity contribution < 1.29 is 9.53 Å². The number of hydrogen-bond donors (Lipinski definition) is 1. The van der Waals surface area contributed by atoms with Gasteiger partial charge in [-0.3, -0.25) is 9.78 Å². The van der Waals surface area contributed by atoms with E-state index in [-0.39, 0.29) is 5.91 Å². The molecule has 0 radical (unpaired) electrons. The fourth-order valence-corrected chi connectivity index (χ4v) is 3.92. The topological polar surface area (TPSA) is 51.2 Å². The number of nitrogens with one attached hydrogen (secondary N) is 1. The van der Waals surface area contributed by atoms with Crippen molar-refractivity contribution in [2.45, 2.75) is 6.92 Å². The Balaban J connectivity index is 1.88. The van der Waals surface area contributed by atoms with Gasteiger partial charge in [0.1, 0.15) is 5.76 Å². The molecule has 0 atom stereocenters. The van der Waals surface area contributed by atoms with Gasteiger partial charge < -0.3 is 10.1 Å². The summed E-state index contributed by atoms with van der Waals surface area (Å²) in [6.07, 6.45) is 6.75. The number of amides is 1. The van der Waals surface area contributed by atoms with Crippen molar-refractivity contribution in [3.8, 4) is 10.4 Å². The number of carbonyl (C=O) groups excluding carboxylic acids is 1. The van der Waals surface area contributed by atoms with E-state index in [9.17, 15) is 4.79 Å². The third-order valence-corrected chi connectivity index (χ3v) is 5.48. The van der Waals surface area contributed by atoms with Gasteiger partial charge in [-0.1, -0.05) is 24.3 Å². The molecule has 1 N–H and O–H groups in total. The number of nitrogens with zero attached hydrogens (tertiary/aromatic N) is 1. The molecule has 0 aliphatic heterocycles. The highest BCUT2D eigenvalue weighted by molar-refractivity contribution is 7.19. The number of pyridine rings is 1. The minimum atomic E-state index is -0.163. The lowest BCUT2D eigenvalue weighted by atomic mass is 10.1. The van der Waals surface area contributed by atoms with E-state index in [1.54, 1.807) is 37.7 Å². The predicted octanol–water partition coefficient (Wildman–Crippen LogP) is 6.20. The Morgan fingerprint density at radius 1 is 1.29 bits per heavy atom. The van der Waals surface area contributed by atoms with Crippen molar-refractivity contribution in [1.29, 1.82) is 0 Å². The smallest absolute Gasteiger partial charge is 0.256 e. The lowest BCUT2D eigenvalue weighted by Crippen LogP contribution is -2.12. The molecule has 0 unspecified atom stereocenters. The Morgan fingerprint density at radius 2 is 2.11 bits per heavy atom. The van der Waals surface area contributed by atoms with Gasteiger partial charge in [0, 0.05) is 39.0 Å². The van der Waals surface area contributed by atoms with Gasteiger partial charge in [-0.05, 0) is 55.0 Å². The maximum Gasteiger partial charge on any atom is 0.256 e. The summed E-state index contributed by atoms with van der Waals surface area (Å²) in [5.74, 6) is 0.537. The molecule has 0 aliphatic carbocycles. The monoisotopic (exact) mass is 410 g/mol. The molecule has 3 rings (SSSR count). The summed E-state index contributed by atoms with van der Waals surface area (Å²) in [6.45, 7) is 5.57. The zero-order valence-electron chi connectivity index (χ0n) is 15.5. The van der Waals surface area contributed by atoms with Crippen LogP contribution in [0.15, 0.2) is 67.5 Å². The highest BCUT2D eigenvalue weighted by Gasteiger charge is 2.13. The zero-order chi connectivity index (χ0) is 20.1. The molecule has 28 heavy (non-hydrogen) atoms. The molecule has 6 heteroatoms. The van der Waals surface area contributed by atoms with Crippen molar-refractivity contribution in [3.63, 3.8) is 0 Å². The predicted molar refractivity (Wildman–Crippen MR) is 117 cm³/mol. The Morgan fingerprint density at radius 3 is 2.82 bits per heavy atom. The Hall–Kier alpha value is -2.89. The van der Waals surface area contributed by atoms with Gasteiger partial charge in [0.2, 0.25) is 0 Å². The first-order valence-corrected chi connectivity index (χ1v) is 9.71. The van der Waals surface area contributed by atoms with Gasteiger partial charge in [-0.15, -0.1) is 11.3 Å². The number of hydrogen-bond acceptors (Lipinski definition) is 4. The van der Waals surface area contributed by atoms with Crippen LogP contribution in [0.4, 0.5) is 5.00 Å². The molecular formula is C22H19ClN2O2S. The van der Waals surface area contributed by atoms with E-state index in [0.29, 0.717) is 16.3 Å². The molecule has 1 amide bonds. The summed E-state index contributed by atoms with van der Waals surface area (Å²) in [4.78, 5) is 17.5. The van der Waals surface area contributed by atoms with E-state index in [2.05, 4.69) is 16.9 Å². The molecule has 2 heterocycles. The molecule has 0 aliphatic rings. The summed E-state index contributed by atoms with van der Waals surface area (Å²) in [7, 11) is 1.61. The van der Waals surface area contributed by atoms with Crippen LogP contribution in [0, 0.1) is 6.92 Å². The van der Waals surface area contributed by atoms with Gasteiger partial charge in [0.25, 0.3) is 5.91 Å². The average molecular weight is 411 g/mol. The number of halogens is 1. The average Bonchev–Trinajstić information content (AvgIpc) is 3.15. The number of allylic oxidation sites excluding steroid dienone is 2. The maximum atomic E-state index is 12.5. The molecular weight excluding hydrogens is 392 g/mol. The number of methoxy groups -OCH3 is 1. The Bertz CT molecular complexity index is 1060. The number of rotatable bonds is 6. The minimum absolute atomic E-state index is 0.163. The number of thiophene rings is 1. The van der Waals surface area contributed by atoms with E-state index in [1.807, 2.05) is 37.3 Å². The molecule has 142 valence electrons. The van der Waals surface area contributed by atoms with Crippen LogP contribution in [0.3, 0.4) is 0 Å². The Labute approximate surface area is 173 Å². The maximum absolute atomic E-state index is 12.5. The summed E-state index contributed by atoms with van der Waals surface area (Å²) in [5.41, 5.74) is 3.20. The molecule has 0 saturated heterocycles. The zero-order valence-corrected chi connectivity index (χ0v) is 17.1. The van der Waals surface area contributed by atoms with Crippen LogP contribution in [0.25, 0.3) is 16.2 Å². The van der Waals surface area contributed by atoms with Crippen molar-refractivity contribution in [3.05, 3.63) is 89.2 Å². The summed E-state index contributed by atoms with van der Waals surface area (Å²) in [5, 5.41) is 4.31. The number of ether oxygens (including phenoxy) is 1. The van der Waals surface area contributed by atoms with Crippen LogP contribution >= 0.6 is 22.9 Å². The first-order chi connectivity index (χ1) is 13.5. The van der Waals surface area contributed by atoms with E-state index < -0.39 is 0 Å². The number of aromatic nitrogens is 1. The Kier molecular flexibility index (Phi) is 6.29. The van der Waals surface area contributed by atoms with E-state index in [0.717, 1.165) is 26.6 Å². The van der Waals surface area contributed by atoms with Gasteiger partial charge in [-0.25, -0.2) is 0 Å². The molecule has 3 aromatic rings. The molecule has 0 spiro atoms. The van der Waals surface area contributed by atoms with Crippen LogP contribution in [-0.2, 0) is 4.74 Å². The third-order valence-electron chi connectivity index (χ3n) is 4.11. The van der Waals surface area contributed by atoms with Crippen molar-refractivity contribution in [2.24, 2.45) is 0 Å². The number of aryl methyl sites for hydroxylation is 1. The fraction of sp³-hybridized carbons (Fsp3) is 0.0909. The first kappa shape index (κ1) is 19.9. The summed E-state index contributed by atoms with van der Waals surface area (Å²) in [6, 6.07) is 11.2. The van der Waals surface area contributed by atoms with Crippen LogP contribution in [-0.4, -0.2) is 18.0 Å². The molecule has 2 aromatic heterocycles. The number of anilines is 1. The van der Waals surface area contributed by atoms with E-state index in [4.69, 9.17) is 16.3 Å². The fourth-order valence-electron chi connectivity index (χ4n) is 2.71. The SMILES string of the molecule is C=C/C=C(\OC)c1ccc(Cl)c(-c2ccc(NC(=O)c3ccncc3C)s2)c1. The minimum Gasteiger partial charge on any atom is -0.496 e. The normalized spacial score (nSPS) is 11.2. The van der Waals surface area contributed by atoms with Crippen LogP contribution in [0.1, 0.15) is 21.5 Å². The lowest BCUT2D eigenvalue weighted by Gasteiger charge is -2.09. The molecule has 0 fully saturated rings. The van der Waals surface area contributed by atoms with Gasteiger partial charge in [0.15, 0.2) is 0 Å². The first-order valence-electron chi connectivity index (χ1n) is 8.52. The van der Waals surface area contributed by atoms with Crippen LogP contribution in [0.5, 0.6) is 0 Å². The van der Waals surface area contributed by atoms with Gasteiger partial charge >= 0.3 is 0 Å². The quantitative estimate of drug-likeness (QED) is 0.389. The van der Waals surface area contributed by atoms with Crippen molar-refractivity contribution >= 4 is 39.6 Å². The molecule has 0 saturated carbocycles. The number of carbonyl (C=O) groups is 1. The second-order valence-electron chi connectivity index (χ2n) is 5.97. The largest absolute Gasteiger partial charge is 0.496 e. The van der Waals surface area contributed by atoms with Crippen molar-refractivity contribution in [1.82, 2.24) is 4.98 Å². The van der Waals surface area contributed by atoms with E-state index in [1.165, 1.54) is 11.3 Å². The van der Waals surface area contributed by atoms with Gasteiger partial charge in [-0.2, -0.15) is 0 Å². The highest BCUT2D eigenvalue weighted by Crippen LogP contribution is 2.37. The summed E-state index contributed by atoms with van der Waals surface area (Å²) < 4.78 is 5.41. The lowest BCUT2D eigenvalue weighted by molar-refractivity contribution is 0.102.